The van der Waals surface area contributed by atoms with E-state index in [0.29, 0.717) is 6.61 Å². The minimum Gasteiger partial charge on any atom is -0.236 e. The van der Waals surface area contributed by atoms with E-state index in [2.05, 4.69) is 42.5 Å². The van der Waals surface area contributed by atoms with Gasteiger partial charge in [-0.2, -0.15) is 0 Å². The van der Waals surface area contributed by atoms with Crippen molar-refractivity contribution in [2.45, 2.75) is 18.9 Å². The van der Waals surface area contributed by atoms with Gasteiger partial charge in [0.05, 0.1) is 6.61 Å². The molecule has 82 valence electrons. The molecule has 0 aromatic heterocycles. The van der Waals surface area contributed by atoms with Crippen LogP contribution in [0.5, 0.6) is 0 Å². The molecule has 1 heterocycles. The topological polar surface area (TPSA) is 18.5 Å². The first kappa shape index (κ1) is 9.82. The molecule has 0 amide bonds. The highest BCUT2D eigenvalue weighted by molar-refractivity contribution is 5.85. The molecule has 0 aliphatic carbocycles. The van der Waals surface area contributed by atoms with Gasteiger partial charge in [0.25, 0.3) is 0 Å². The number of hydrogen-bond donors (Lipinski definition) is 0. The Morgan fingerprint density at radius 2 is 1.88 bits per heavy atom. The molecule has 2 nitrogen and oxygen atoms in total. The van der Waals surface area contributed by atoms with Crippen LogP contribution in [0.3, 0.4) is 0 Å². The Morgan fingerprint density at radius 3 is 2.75 bits per heavy atom. The van der Waals surface area contributed by atoms with Gasteiger partial charge in [0.15, 0.2) is 0 Å². The van der Waals surface area contributed by atoms with Crippen LogP contribution < -0.4 is 0 Å². The van der Waals surface area contributed by atoms with Gasteiger partial charge in [0.1, 0.15) is 6.10 Å². The van der Waals surface area contributed by atoms with E-state index in [0.717, 1.165) is 12.8 Å². The largest absolute Gasteiger partial charge is 0.236 e. The third kappa shape index (κ3) is 1.70. The van der Waals surface area contributed by atoms with Crippen molar-refractivity contribution in [3.05, 3.63) is 48.0 Å². The summed E-state index contributed by atoms with van der Waals surface area (Å²) in [5, 5.41) is 2.52. The van der Waals surface area contributed by atoms with E-state index in [9.17, 15) is 0 Å². The van der Waals surface area contributed by atoms with Crippen molar-refractivity contribution in [3.63, 3.8) is 0 Å². The zero-order valence-electron chi connectivity index (χ0n) is 9.06. The van der Waals surface area contributed by atoms with Crippen molar-refractivity contribution in [3.8, 4) is 0 Å². The van der Waals surface area contributed by atoms with Gasteiger partial charge in [-0.15, -0.1) is 0 Å². The van der Waals surface area contributed by atoms with E-state index in [1.54, 1.807) is 0 Å². The Balaban J connectivity index is 2.08. The van der Waals surface area contributed by atoms with Gasteiger partial charge in [0, 0.05) is 0 Å². The van der Waals surface area contributed by atoms with Crippen LogP contribution in [0.15, 0.2) is 42.5 Å². The normalized spacial score (nSPS) is 21.1. The van der Waals surface area contributed by atoms with Crippen LogP contribution in [-0.4, -0.2) is 6.61 Å². The fourth-order valence-corrected chi connectivity index (χ4v) is 2.24. The lowest BCUT2D eigenvalue weighted by Crippen LogP contribution is -2.13. The predicted octanol–water partition coefficient (Wildman–Crippen LogP) is 3.62. The second-order valence-corrected chi connectivity index (χ2v) is 4.12. The smallest absolute Gasteiger partial charge is 0.119 e. The van der Waals surface area contributed by atoms with Crippen LogP contribution in [0.1, 0.15) is 24.5 Å². The summed E-state index contributed by atoms with van der Waals surface area (Å²) < 4.78 is 0. The van der Waals surface area contributed by atoms with Gasteiger partial charge in [-0.1, -0.05) is 42.5 Å². The van der Waals surface area contributed by atoms with Crippen LogP contribution in [0, 0.1) is 0 Å². The summed E-state index contributed by atoms with van der Waals surface area (Å²) in [6.45, 7) is 0.710. The van der Waals surface area contributed by atoms with Gasteiger partial charge < -0.3 is 0 Å². The van der Waals surface area contributed by atoms with Crippen LogP contribution in [-0.2, 0) is 9.78 Å². The summed E-state index contributed by atoms with van der Waals surface area (Å²) in [4.78, 5) is 10.5. The highest BCUT2D eigenvalue weighted by Gasteiger charge is 2.19. The molecule has 2 aromatic rings. The third-order valence-electron chi connectivity index (χ3n) is 3.05. The molecule has 0 radical (unpaired) electrons. The Kier molecular flexibility index (Phi) is 2.60. The second-order valence-electron chi connectivity index (χ2n) is 4.12. The lowest BCUT2D eigenvalue weighted by Gasteiger charge is -2.22. The molecule has 1 saturated heterocycles. The maximum absolute atomic E-state index is 5.37. The van der Waals surface area contributed by atoms with Crippen LogP contribution in [0.4, 0.5) is 0 Å². The third-order valence-corrected chi connectivity index (χ3v) is 3.05. The molecule has 3 rings (SSSR count). The summed E-state index contributed by atoms with van der Waals surface area (Å²) in [7, 11) is 0. The highest BCUT2D eigenvalue weighted by atomic mass is 17.2. The summed E-state index contributed by atoms with van der Waals surface area (Å²) in [5.74, 6) is 0. The average molecular weight is 214 g/mol. The lowest BCUT2D eigenvalue weighted by molar-refractivity contribution is -0.347. The SMILES string of the molecule is c1ccc2c(C3CCCOO3)cccc2c1. The Bertz CT molecular complexity index is 482. The molecule has 1 unspecified atom stereocenters. The molecule has 0 N–H and O–H groups in total. The quantitative estimate of drug-likeness (QED) is 0.675. The van der Waals surface area contributed by atoms with Gasteiger partial charge in [-0.3, -0.25) is 0 Å². The Labute approximate surface area is 94.7 Å². The summed E-state index contributed by atoms with van der Waals surface area (Å²) in [6.07, 6.45) is 2.18. The van der Waals surface area contributed by atoms with Gasteiger partial charge in [-0.05, 0) is 29.2 Å². The molecule has 2 aromatic carbocycles. The molecular weight excluding hydrogens is 200 g/mol. The van der Waals surface area contributed by atoms with E-state index >= 15 is 0 Å². The zero-order chi connectivity index (χ0) is 10.8. The monoisotopic (exact) mass is 214 g/mol. The number of benzene rings is 2. The van der Waals surface area contributed by atoms with Crippen LogP contribution >= 0.6 is 0 Å². The van der Waals surface area contributed by atoms with Crippen molar-refractivity contribution in [1.82, 2.24) is 0 Å². The zero-order valence-corrected chi connectivity index (χ0v) is 9.06. The Hall–Kier alpha value is -1.38. The summed E-state index contributed by atoms with van der Waals surface area (Å²) >= 11 is 0. The fourth-order valence-electron chi connectivity index (χ4n) is 2.24. The molecule has 1 aliphatic heterocycles. The molecule has 1 fully saturated rings. The highest BCUT2D eigenvalue weighted by Crippen LogP contribution is 2.31. The molecule has 0 spiro atoms. The van der Waals surface area contributed by atoms with Crippen molar-refractivity contribution < 1.29 is 9.78 Å². The van der Waals surface area contributed by atoms with Gasteiger partial charge in [-0.25, -0.2) is 9.78 Å². The molecule has 0 saturated carbocycles. The molecule has 2 heteroatoms. The number of rotatable bonds is 1. The fraction of sp³-hybridized carbons (Fsp3) is 0.286. The lowest BCUT2D eigenvalue weighted by atomic mass is 9.98. The van der Waals surface area contributed by atoms with Crippen molar-refractivity contribution in [2.75, 3.05) is 6.61 Å². The molecule has 1 atom stereocenters. The van der Waals surface area contributed by atoms with Crippen molar-refractivity contribution >= 4 is 10.8 Å². The molecular formula is C14H14O2. The van der Waals surface area contributed by atoms with E-state index in [4.69, 9.17) is 9.78 Å². The molecule has 1 aliphatic rings. The average Bonchev–Trinajstić information content (AvgIpc) is 2.39. The summed E-state index contributed by atoms with van der Waals surface area (Å²) in [6, 6.07) is 14.7. The predicted molar refractivity (Wildman–Crippen MR) is 63.0 cm³/mol. The maximum atomic E-state index is 5.37. The van der Waals surface area contributed by atoms with E-state index in [-0.39, 0.29) is 6.10 Å². The minimum absolute atomic E-state index is 0.0832. The van der Waals surface area contributed by atoms with Crippen LogP contribution in [0.2, 0.25) is 0 Å². The van der Waals surface area contributed by atoms with E-state index in [1.165, 1.54) is 16.3 Å². The van der Waals surface area contributed by atoms with E-state index in [1.807, 2.05) is 0 Å². The maximum Gasteiger partial charge on any atom is 0.119 e. The van der Waals surface area contributed by atoms with Crippen molar-refractivity contribution in [1.29, 1.82) is 0 Å². The minimum atomic E-state index is 0.0832. The number of fused-ring (bicyclic) bond motifs is 1. The molecule has 16 heavy (non-hydrogen) atoms. The standard InChI is InChI=1S/C14H14O2/c1-2-7-12-11(5-1)6-3-8-13(12)14-9-4-10-15-16-14/h1-3,5-8,14H,4,9-10H2. The van der Waals surface area contributed by atoms with Gasteiger partial charge >= 0.3 is 0 Å². The number of hydrogen-bond acceptors (Lipinski definition) is 2. The molecule has 0 bridgehead atoms. The van der Waals surface area contributed by atoms with Crippen LogP contribution in [0.25, 0.3) is 10.8 Å². The summed E-state index contributed by atoms with van der Waals surface area (Å²) in [5.41, 5.74) is 1.23. The second kappa shape index (κ2) is 4.24. The van der Waals surface area contributed by atoms with Gasteiger partial charge in [0.2, 0.25) is 0 Å². The Morgan fingerprint density at radius 1 is 1.00 bits per heavy atom. The van der Waals surface area contributed by atoms with Crippen molar-refractivity contribution in [2.24, 2.45) is 0 Å². The first-order valence-corrected chi connectivity index (χ1v) is 5.71. The first-order chi connectivity index (χ1) is 7.95. The first-order valence-electron chi connectivity index (χ1n) is 5.71. The van der Waals surface area contributed by atoms with E-state index < -0.39 is 0 Å².